The Morgan fingerprint density at radius 3 is 2.79 bits per heavy atom. The summed E-state index contributed by atoms with van der Waals surface area (Å²) in [6, 6.07) is 9.29. The number of hydrogen-bond acceptors (Lipinski definition) is 3. The molecule has 0 bridgehead atoms. The summed E-state index contributed by atoms with van der Waals surface area (Å²) in [6.07, 6.45) is 3.76. The molecule has 1 atom stereocenters. The maximum absolute atomic E-state index is 11.8. The summed E-state index contributed by atoms with van der Waals surface area (Å²) in [5.41, 5.74) is 6.53. The lowest BCUT2D eigenvalue weighted by Gasteiger charge is -2.33. The van der Waals surface area contributed by atoms with E-state index in [4.69, 9.17) is 5.73 Å². The van der Waals surface area contributed by atoms with Crippen molar-refractivity contribution in [2.24, 2.45) is 5.73 Å². The Morgan fingerprint density at radius 2 is 2.05 bits per heavy atom. The molecule has 0 radical (unpaired) electrons. The molecule has 98 valence electrons. The lowest BCUT2D eigenvalue weighted by atomic mass is 10.0. The average Bonchev–Trinajstić information content (AvgIpc) is 2.87. The van der Waals surface area contributed by atoms with E-state index in [1.807, 2.05) is 36.5 Å². The Hall–Kier alpha value is -2.14. The Labute approximate surface area is 111 Å². The van der Waals surface area contributed by atoms with Crippen molar-refractivity contribution in [2.45, 2.75) is 19.1 Å². The predicted molar refractivity (Wildman–Crippen MR) is 71.0 cm³/mol. The van der Waals surface area contributed by atoms with E-state index in [2.05, 4.69) is 14.5 Å². The Kier molecular flexibility index (Phi) is 3.05. The minimum absolute atomic E-state index is 0.314. The van der Waals surface area contributed by atoms with Crippen molar-refractivity contribution in [1.29, 1.82) is 0 Å². The van der Waals surface area contributed by atoms with Gasteiger partial charge in [0, 0.05) is 25.5 Å². The molecule has 1 amide bonds. The third-order valence-corrected chi connectivity index (χ3v) is 3.52. The molecule has 5 heteroatoms. The lowest BCUT2D eigenvalue weighted by molar-refractivity contribution is -0.124. The molecule has 0 spiro atoms. The standard InChI is InChI=1S/C14H16N4O/c15-14(19)13(11-4-2-1-3-5-11)18-9-8-17-7-6-16-12(17)10-18/h1-7,13H,8-10H2,(H2,15,19)/t13-/m0/s1. The Balaban J connectivity index is 1.89. The van der Waals surface area contributed by atoms with Crippen LogP contribution < -0.4 is 5.73 Å². The van der Waals surface area contributed by atoms with Gasteiger partial charge in [0.15, 0.2) is 0 Å². The largest absolute Gasteiger partial charge is 0.368 e. The number of amides is 1. The van der Waals surface area contributed by atoms with Crippen LogP contribution in [0.3, 0.4) is 0 Å². The van der Waals surface area contributed by atoms with Crippen molar-refractivity contribution in [3.8, 4) is 0 Å². The zero-order valence-electron chi connectivity index (χ0n) is 10.6. The molecule has 19 heavy (non-hydrogen) atoms. The van der Waals surface area contributed by atoms with Crippen LogP contribution >= 0.6 is 0 Å². The smallest absolute Gasteiger partial charge is 0.239 e. The van der Waals surface area contributed by atoms with Gasteiger partial charge >= 0.3 is 0 Å². The Morgan fingerprint density at radius 1 is 1.26 bits per heavy atom. The molecular weight excluding hydrogens is 240 g/mol. The molecule has 2 aromatic rings. The van der Waals surface area contributed by atoms with Crippen molar-refractivity contribution in [3.63, 3.8) is 0 Å². The molecule has 5 nitrogen and oxygen atoms in total. The fourth-order valence-corrected chi connectivity index (χ4v) is 2.60. The van der Waals surface area contributed by atoms with Crippen LogP contribution in [0.1, 0.15) is 17.4 Å². The second kappa shape index (κ2) is 4.85. The van der Waals surface area contributed by atoms with Crippen LogP contribution in [0.5, 0.6) is 0 Å². The summed E-state index contributed by atoms with van der Waals surface area (Å²) >= 11 is 0. The molecule has 0 aliphatic carbocycles. The van der Waals surface area contributed by atoms with Gasteiger partial charge < -0.3 is 10.3 Å². The minimum atomic E-state index is -0.383. The number of nitrogens with two attached hydrogens (primary N) is 1. The van der Waals surface area contributed by atoms with Gasteiger partial charge in [-0.3, -0.25) is 9.69 Å². The van der Waals surface area contributed by atoms with Gasteiger partial charge in [0.25, 0.3) is 0 Å². The first-order valence-corrected chi connectivity index (χ1v) is 6.34. The van der Waals surface area contributed by atoms with E-state index >= 15 is 0 Å². The Bertz CT molecular complexity index is 578. The number of carbonyl (C=O) groups is 1. The number of carbonyl (C=O) groups excluding carboxylic acids is 1. The van der Waals surface area contributed by atoms with Crippen molar-refractivity contribution in [3.05, 3.63) is 54.1 Å². The number of nitrogens with zero attached hydrogens (tertiary/aromatic N) is 3. The van der Waals surface area contributed by atoms with Crippen molar-refractivity contribution < 1.29 is 4.79 Å². The quantitative estimate of drug-likeness (QED) is 0.888. The molecule has 0 fully saturated rings. The van der Waals surface area contributed by atoms with Gasteiger partial charge in [-0.2, -0.15) is 0 Å². The number of fused-ring (bicyclic) bond motifs is 1. The van der Waals surface area contributed by atoms with E-state index in [0.717, 1.165) is 24.5 Å². The van der Waals surface area contributed by atoms with Crippen LogP contribution in [0.25, 0.3) is 0 Å². The van der Waals surface area contributed by atoms with E-state index in [9.17, 15) is 4.79 Å². The van der Waals surface area contributed by atoms with E-state index in [-0.39, 0.29) is 11.9 Å². The van der Waals surface area contributed by atoms with Gasteiger partial charge in [-0.15, -0.1) is 0 Å². The number of imidazole rings is 1. The molecule has 0 saturated heterocycles. The minimum Gasteiger partial charge on any atom is -0.368 e. The summed E-state index contributed by atoms with van der Waals surface area (Å²) in [7, 11) is 0. The van der Waals surface area contributed by atoms with Crippen molar-refractivity contribution in [2.75, 3.05) is 6.54 Å². The first kappa shape index (κ1) is 11.9. The van der Waals surface area contributed by atoms with E-state index < -0.39 is 0 Å². The van der Waals surface area contributed by atoms with Crippen LogP contribution in [0, 0.1) is 0 Å². The summed E-state index contributed by atoms with van der Waals surface area (Å²) in [4.78, 5) is 18.2. The van der Waals surface area contributed by atoms with Crippen LogP contribution in [0.2, 0.25) is 0 Å². The molecule has 3 rings (SSSR count). The lowest BCUT2D eigenvalue weighted by Crippen LogP contribution is -2.42. The second-order valence-corrected chi connectivity index (χ2v) is 4.72. The number of aromatic nitrogens is 2. The molecule has 2 N–H and O–H groups in total. The van der Waals surface area contributed by atoms with Gasteiger partial charge in [-0.25, -0.2) is 4.98 Å². The number of benzene rings is 1. The summed E-state index contributed by atoms with van der Waals surface area (Å²) in [5, 5.41) is 0. The molecule has 0 saturated carbocycles. The molecule has 1 aliphatic heterocycles. The maximum atomic E-state index is 11.8. The van der Waals surface area contributed by atoms with Crippen molar-refractivity contribution in [1.82, 2.24) is 14.5 Å². The number of primary amides is 1. The SMILES string of the molecule is NC(=O)[C@H](c1ccccc1)N1CCn2ccnc2C1. The zero-order chi connectivity index (χ0) is 13.2. The highest BCUT2D eigenvalue weighted by Crippen LogP contribution is 2.24. The fourth-order valence-electron chi connectivity index (χ4n) is 2.60. The van der Waals surface area contributed by atoms with Crippen LogP contribution in [0.15, 0.2) is 42.7 Å². The van der Waals surface area contributed by atoms with Crippen molar-refractivity contribution >= 4 is 5.91 Å². The van der Waals surface area contributed by atoms with Gasteiger partial charge in [-0.1, -0.05) is 30.3 Å². The predicted octanol–water partition coefficient (Wildman–Crippen LogP) is 0.925. The molecule has 1 aliphatic rings. The van der Waals surface area contributed by atoms with Crippen LogP contribution in [0.4, 0.5) is 0 Å². The third-order valence-electron chi connectivity index (χ3n) is 3.52. The van der Waals surface area contributed by atoms with E-state index in [1.165, 1.54) is 0 Å². The molecule has 1 aromatic carbocycles. The number of rotatable bonds is 3. The molecule has 0 unspecified atom stereocenters. The van der Waals surface area contributed by atoms with Gasteiger partial charge in [0.2, 0.25) is 5.91 Å². The fraction of sp³-hybridized carbons (Fsp3) is 0.286. The topological polar surface area (TPSA) is 64.2 Å². The highest BCUT2D eigenvalue weighted by molar-refractivity contribution is 5.81. The van der Waals surface area contributed by atoms with Crippen LogP contribution in [-0.2, 0) is 17.9 Å². The van der Waals surface area contributed by atoms with Gasteiger partial charge in [0.05, 0.1) is 6.54 Å². The summed E-state index contributed by atoms with van der Waals surface area (Å²) in [6.45, 7) is 2.29. The summed E-state index contributed by atoms with van der Waals surface area (Å²) < 4.78 is 2.11. The van der Waals surface area contributed by atoms with E-state index in [0.29, 0.717) is 6.54 Å². The second-order valence-electron chi connectivity index (χ2n) is 4.72. The van der Waals surface area contributed by atoms with Gasteiger partial charge in [-0.05, 0) is 5.56 Å². The highest BCUT2D eigenvalue weighted by atomic mass is 16.1. The molecular formula is C14H16N4O. The highest BCUT2D eigenvalue weighted by Gasteiger charge is 2.28. The van der Waals surface area contributed by atoms with Gasteiger partial charge in [0.1, 0.15) is 11.9 Å². The first-order chi connectivity index (χ1) is 9.25. The summed E-state index contributed by atoms with van der Waals surface area (Å²) in [5.74, 6) is 0.666. The molecule has 1 aromatic heterocycles. The zero-order valence-corrected chi connectivity index (χ0v) is 10.6. The van der Waals surface area contributed by atoms with Crippen LogP contribution in [-0.4, -0.2) is 26.9 Å². The monoisotopic (exact) mass is 256 g/mol. The normalized spacial score (nSPS) is 16.8. The third kappa shape index (κ3) is 2.24. The van der Waals surface area contributed by atoms with E-state index in [1.54, 1.807) is 6.20 Å². The molecule has 2 heterocycles. The average molecular weight is 256 g/mol. The number of hydrogen-bond donors (Lipinski definition) is 1. The maximum Gasteiger partial charge on any atom is 0.239 e. The first-order valence-electron chi connectivity index (χ1n) is 6.34.